The van der Waals surface area contributed by atoms with Gasteiger partial charge in [0.2, 0.25) is 5.91 Å². The number of rotatable bonds is 4. The van der Waals surface area contributed by atoms with Crippen LogP contribution in [-0.4, -0.2) is 39.6 Å². The lowest BCUT2D eigenvalue weighted by atomic mass is 10.0. The van der Waals surface area contributed by atoms with Gasteiger partial charge in [0.15, 0.2) is 0 Å². The highest BCUT2D eigenvalue weighted by Gasteiger charge is 2.34. The molecule has 2 N–H and O–H groups in total. The molecule has 1 aliphatic rings. The summed E-state index contributed by atoms with van der Waals surface area (Å²) in [6, 6.07) is 7.26. The Hall–Kier alpha value is -2.41. The van der Waals surface area contributed by atoms with Crippen molar-refractivity contribution in [2.45, 2.75) is 38.8 Å². The van der Waals surface area contributed by atoms with Gasteiger partial charge >= 0.3 is 6.09 Å². The molecule has 0 radical (unpaired) electrons. The third-order valence-corrected chi connectivity index (χ3v) is 5.56. The van der Waals surface area contributed by atoms with E-state index in [1.807, 2.05) is 43.6 Å². The zero-order valence-electron chi connectivity index (χ0n) is 14.2. The maximum Gasteiger partial charge on any atom is 0.407 e. The molecule has 2 heterocycles. The van der Waals surface area contributed by atoms with Crippen LogP contribution in [0.3, 0.4) is 0 Å². The van der Waals surface area contributed by atoms with E-state index >= 15 is 0 Å². The minimum Gasteiger partial charge on any atom is -0.465 e. The molecule has 2 atom stereocenters. The summed E-state index contributed by atoms with van der Waals surface area (Å²) in [7, 11) is 0. The second-order valence-electron chi connectivity index (χ2n) is 6.25. The zero-order valence-corrected chi connectivity index (χ0v) is 15.0. The van der Waals surface area contributed by atoms with Crippen molar-refractivity contribution in [3.05, 3.63) is 41.0 Å². The lowest BCUT2D eigenvalue weighted by Gasteiger charge is -2.23. The fraction of sp³-hybridized carbons (Fsp3) is 0.389. The highest BCUT2D eigenvalue weighted by molar-refractivity contribution is 7.13. The summed E-state index contributed by atoms with van der Waals surface area (Å²) in [4.78, 5) is 30.2. The Morgan fingerprint density at radius 1 is 1.36 bits per heavy atom. The highest BCUT2D eigenvalue weighted by Crippen LogP contribution is 2.28. The number of likely N-dealkylation sites (tertiary alicyclic amines) is 1. The molecule has 1 aromatic heterocycles. The molecule has 25 heavy (non-hydrogen) atoms. The summed E-state index contributed by atoms with van der Waals surface area (Å²) >= 11 is 1.61. The predicted molar refractivity (Wildman–Crippen MR) is 96.6 cm³/mol. The minimum atomic E-state index is -1.03. The number of carbonyl (C=O) groups excluding carboxylic acids is 1. The SMILES string of the molecule is Cc1ncsc1-c1ccc([C@H](C)NC(=O)C2CCCN2C(=O)O)cc1. The Labute approximate surface area is 150 Å². The summed E-state index contributed by atoms with van der Waals surface area (Å²) in [5, 5.41) is 12.1. The maximum absolute atomic E-state index is 12.4. The molecule has 1 saturated heterocycles. The van der Waals surface area contributed by atoms with Crippen molar-refractivity contribution in [3.63, 3.8) is 0 Å². The molecule has 2 aromatic rings. The summed E-state index contributed by atoms with van der Waals surface area (Å²) in [5.74, 6) is -0.227. The monoisotopic (exact) mass is 359 g/mol. The molecule has 3 rings (SSSR count). The molecule has 0 aliphatic carbocycles. The molecule has 1 aliphatic heterocycles. The van der Waals surface area contributed by atoms with Gasteiger partial charge in [-0.3, -0.25) is 9.69 Å². The Morgan fingerprint density at radius 3 is 2.68 bits per heavy atom. The van der Waals surface area contributed by atoms with Crippen LogP contribution in [0.25, 0.3) is 10.4 Å². The number of carbonyl (C=O) groups is 2. The summed E-state index contributed by atoms with van der Waals surface area (Å²) in [6.07, 6.45) is 0.269. The van der Waals surface area contributed by atoms with Gasteiger partial charge in [0.1, 0.15) is 6.04 Å². The predicted octanol–water partition coefficient (Wildman–Crippen LogP) is 3.44. The van der Waals surface area contributed by atoms with Gasteiger partial charge in [-0.25, -0.2) is 9.78 Å². The molecule has 7 heteroatoms. The number of nitrogens with zero attached hydrogens (tertiary/aromatic N) is 2. The van der Waals surface area contributed by atoms with E-state index in [2.05, 4.69) is 10.3 Å². The van der Waals surface area contributed by atoms with Gasteiger partial charge in [0.25, 0.3) is 0 Å². The second-order valence-corrected chi connectivity index (χ2v) is 7.11. The van der Waals surface area contributed by atoms with Gasteiger partial charge in [-0.15, -0.1) is 11.3 Å². The normalized spacial score (nSPS) is 18.2. The van der Waals surface area contributed by atoms with Crippen molar-refractivity contribution in [1.29, 1.82) is 0 Å². The van der Waals surface area contributed by atoms with E-state index in [1.54, 1.807) is 11.3 Å². The summed E-state index contributed by atoms with van der Waals surface area (Å²) < 4.78 is 0. The molecule has 2 amide bonds. The molecular weight excluding hydrogens is 338 g/mol. The number of benzene rings is 1. The Kier molecular flexibility index (Phi) is 5.03. The topological polar surface area (TPSA) is 82.5 Å². The van der Waals surface area contributed by atoms with Crippen molar-refractivity contribution in [1.82, 2.24) is 15.2 Å². The molecule has 0 bridgehead atoms. The van der Waals surface area contributed by atoms with Gasteiger partial charge in [0.05, 0.1) is 22.1 Å². The van der Waals surface area contributed by atoms with Crippen LogP contribution in [0.1, 0.15) is 37.1 Å². The third-order valence-electron chi connectivity index (χ3n) is 4.58. The number of amides is 2. The van der Waals surface area contributed by atoms with Crippen molar-refractivity contribution < 1.29 is 14.7 Å². The van der Waals surface area contributed by atoms with Crippen LogP contribution in [0.4, 0.5) is 4.79 Å². The molecule has 1 unspecified atom stereocenters. The average Bonchev–Trinajstić information content (AvgIpc) is 3.23. The number of thiazole rings is 1. The van der Waals surface area contributed by atoms with Gasteiger partial charge in [-0.05, 0) is 37.8 Å². The van der Waals surface area contributed by atoms with Crippen molar-refractivity contribution in [2.75, 3.05) is 6.54 Å². The molecule has 1 aromatic carbocycles. The van der Waals surface area contributed by atoms with Crippen LogP contribution < -0.4 is 5.32 Å². The number of aromatic nitrogens is 1. The first-order chi connectivity index (χ1) is 12.0. The van der Waals surface area contributed by atoms with E-state index < -0.39 is 12.1 Å². The first-order valence-electron chi connectivity index (χ1n) is 8.27. The fourth-order valence-corrected chi connectivity index (χ4v) is 3.97. The Morgan fingerprint density at radius 2 is 2.08 bits per heavy atom. The largest absolute Gasteiger partial charge is 0.465 e. The van der Waals surface area contributed by atoms with E-state index in [4.69, 9.17) is 5.11 Å². The second kappa shape index (κ2) is 7.23. The summed E-state index contributed by atoms with van der Waals surface area (Å²) in [6.45, 7) is 4.31. The van der Waals surface area contributed by atoms with Gasteiger partial charge in [-0.1, -0.05) is 24.3 Å². The molecule has 1 fully saturated rings. The van der Waals surface area contributed by atoms with Crippen LogP contribution in [-0.2, 0) is 4.79 Å². The van der Waals surface area contributed by atoms with Crippen molar-refractivity contribution in [2.24, 2.45) is 0 Å². The maximum atomic E-state index is 12.4. The van der Waals surface area contributed by atoms with Crippen LogP contribution in [0.15, 0.2) is 29.8 Å². The molecule has 132 valence electrons. The summed E-state index contributed by atoms with van der Waals surface area (Å²) in [5.41, 5.74) is 4.93. The van der Waals surface area contributed by atoms with E-state index in [1.165, 1.54) is 4.90 Å². The van der Waals surface area contributed by atoms with E-state index in [0.29, 0.717) is 13.0 Å². The van der Waals surface area contributed by atoms with Crippen LogP contribution in [0, 0.1) is 6.92 Å². The average molecular weight is 359 g/mol. The Bertz CT molecular complexity index is 772. The van der Waals surface area contributed by atoms with Gasteiger partial charge in [0, 0.05) is 6.54 Å². The molecule has 6 nitrogen and oxygen atoms in total. The lowest BCUT2D eigenvalue weighted by molar-refractivity contribution is -0.125. The van der Waals surface area contributed by atoms with E-state index in [0.717, 1.165) is 28.1 Å². The highest BCUT2D eigenvalue weighted by atomic mass is 32.1. The quantitative estimate of drug-likeness (QED) is 0.876. The fourth-order valence-electron chi connectivity index (χ4n) is 3.16. The first-order valence-corrected chi connectivity index (χ1v) is 9.15. The Balaban J connectivity index is 1.67. The smallest absolute Gasteiger partial charge is 0.407 e. The van der Waals surface area contributed by atoms with E-state index in [9.17, 15) is 9.59 Å². The number of aryl methyl sites for hydroxylation is 1. The first kappa shape index (κ1) is 17.4. The lowest BCUT2D eigenvalue weighted by Crippen LogP contribution is -2.46. The van der Waals surface area contributed by atoms with Gasteiger partial charge < -0.3 is 10.4 Å². The van der Waals surface area contributed by atoms with E-state index in [-0.39, 0.29) is 11.9 Å². The molecule has 0 saturated carbocycles. The zero-order chi connectivity index (χ0) is 18.0. The number of carboxylic acid groups (broad SMARTS) is 1. The minimum absolute atomic E-state index is 0.180. The van der Waals surface area contributed by atoms with Crippen LogP contribution >= 0.6 is 11.3 Å². The number of nitrogens with one attached hydrogen (secondary N) is 1. The number of hydrogen-bond donors (Lipinski definition) is 2. The van der Waals surface area contributed by atoms with Crippen LogP contribution in [0.2, 0.25) is 0 Å². The third kappa shape index (κ3) is 3.66. The van der Waals surface area contributed by atoms with Gasteiger partial charge in [-0.2, -0.15) is 0 Å². The van der Waals surface area contributed by atoms with Crippen molar-refractivity contribution in [3.8, 4) is 10.4 Å². The molecular formula is C18H21N3O3S. The van der Waals surface area contributed by atoms with Crippen LogP contribution in [0.5, 0.6) is 0 Å². The van der Waals surface area contributed by atoms with Crippen molar-refractivity contribution >= 4 is 23.3 Å². The molecule has 0 spiro atoms. The number of hydrogen-bond acceptors (Lipinski definition) is 4. The standard InChI is InChI=1S/C18H21N3O3S/c1-11(20-17(22)15-4-3-9-21(15)18(23)24)13-5-7-14(8-6-13)16-12(2)19-10-25-16/h5-8,10-11,15H,3-4,9H2,1-2H3,(H,20,22)(H,23,24)/t11-,15?/m0/s1.